The van der Waals surface area contributed by atoms with Crippen LogP contribution < -0.4 is 20.8 Å². The Kier molecular flexibility index (Phi) is 6.87. The highest BCUT2D eigenvalue weighted by Gasteiger charge is 2.31. The van der Waals surface area contributed by atoms with Crippen molar-refractivity contribution in [3.8, 4) is 0 Å². The van der Waals surface area contributed by atoms with E-state index in [0.717, 1.165) is 13.2 Å². The molecule has 1 fully saturated rings. The fourth-order valence-electron chi connectivity index (χ4n) is 4.59. The number of anilines is 1. The molecule has 1 atom stereocenters. The van der Waals surface area contributed by atoms with Crippen LogP contribution in [0.1, 0.15) is 38.2 Å². The van der Waals surface area contributed by atoms with Gasteiger partial charge in [0.05, 0.1) is 12.6 Å². The van der Waals surface area contributed by atoms with E-state index in [1.807, 2.05) is 7.11 Å². The van der Waals surface area contributed by atoms with Gasteiger partial charge >= 0.3 is 0 Å². The minimum Gasteiger partial charge on any atom is -0.383 e. The quantitative estimate of drug-likeness (QED) is 0.491. The van der Waals surface area contributed by atoms with Gasteiger partial charge in [0, 0.05) is 24.6 Å². The smallest absolute Gasteiger partial charge is 0.0666 e. The Labute approximate surface area is 182 Å². The van der Waals surface area contributed by atoms with Crippen LogP contribution in [0, 0.1) is 0 Å². The SMILES string of the molecule is COC[C@H]1CCCN1c1c(C(C)C)cccc1P(c1ccccc1)c1ccccc1. The van der Waals surface area contributed by atoms with E-state index >= 15 is 0 Å². The Balaban J connectivity index is 1.92. The fraction of sp³-hybridized carbons (Fsp3) is 0.333. The Morgan fingerprint density at radius 1 is 0.900 bits per heavy atom. The zero-order valence-corrected chi connectivity index (χ0v) is 19.2. The lowest BCUT2D eigenvalue weighted by molar-refractivity contribution is 0.181. The summed E-state index contributed by atoms with van der Waals surface area (Å²) >= 11 is 0. The van der Waals surface area contributed by atoms with Crippen molar-refractivity contribution in [3.05, 3.63) is 84.4 Å². The Bertz CT molecular complexity index is 902. The van der Waals surface area contributed by atoms with Crippen molar-refractivity contribution in [1.29, 1.82) is 0 Å². The molecule has 0 N–H and O–H groups in total. The molecular formula is C27H32NOP. The summed E-state index contributed by atoms with van der Waals surface area (Å²) in [5, 5.41) is 4.28. The molecular weight excluding hydrogens is 385 g/mol. The van der Waals surface area contributed by atoms with E-state index < -0.39 is 7.92 Å². The van der Waals surface area contributed by atoms with Crippen molar-refractivity contribution in [2.24, 2.45) is 0 Å². The average molecular weight is 418 g/mol. The molecule has 3 aromatic carbocycles. The summed E-state index contributed by atoms with van der Waals surface area (Å²) in [6.45, 7) is 6.53. The highest BCUT2D eigenvalue weighted by molar-refractivity contribution is 7.80. The summed E-state index contributed by atoms with van der Waals surface area (Å²) in [5.41, 5.74) is 2.90. The highest BCUT2D eigenvalue weighted by Crippen LogP contribution is 2.41. The van der Waals surface area contributed by atoms with Gasteiger partial charge in [0.2, 0.25) is 0 Å². The summed E-state index contributed by atoms with van der Waals surface area (Å²) in [6, 6.07) is 29.5. The van der Waals surface area contributed by atoms with Gasteiger partial charge in [0.15, 0.2) is 0 Å². The van der Waals surface area contributed by atoms with Crippen molar-refractivity contribution >= 4 is 29.5 Å². The molecule has 0 saturated carbocycles. The predicted molar refractivity (Wildman–Crippen MR) is 131 cm³/mol. The average Bonchev–Trinajstić information content (AvgIpc) is 3.23. The molecule has 1 saturated heterocycles. The van der Waals surface area contributed by atoms with Crippen molar-refractivity contribution in [2.45, 2.75) is 38.6 Å². The molecule has 2 nitrogen and oxygen atoms in total. The van der Waals surface area contributed by atoms with Gasteiger partial charge in [0.1, 0.15) is 0 Å². The number of benzene rings is 3. The zero-order valence-electron chi connectivity index (χ0n) is 18.3. The maximum Gasteiger partial charge on any atom is 0.0666 e. The number of para-hydroxylation sites is 1. The molecule has 1 aliphatic rings. The molecule has 0 bridgehead atoms. The molecule has 3 aromatic rings. The fourth-order valence-corrected chi connectivity index (χ4v) is 7.08. The number of ether oxygens (including phenoxy) is 1. The van der Waals surface area contributed by atoms with E-state index in [-0.39, 0.29) is 0 Å². The van der Waals surface area contributed by atoms with Gasteiger partial charge in [-0.15, -0.1) is 0 Å². The first kappa shape index (κ1) is 21.1. The van der Waals surface area contributed by atoms with Crippen LogP contribution in [0.5, 0.6) is 0 Å². The van der Waals surface area contributed by atoms with Gasteiger partial charge in [-0.2, -0.15) is 0 Å². The largest absolute Gasteiger partial charge is 0.383 e. The van der Waals surface area contributed by atoms with Crippen LogP contribution in [0.2, 0.25) is 0 Å². The van der Waals surface area contributed by atoms with Crippen LogP contribution in [0.4, 0.5) is 5.69 Å². The molecule has 0 unspecified atom stereocenters. The summed E-state index contributed by atoms with van der Waals surface area (Å²) < 4.78 is 5.61. The first-order valence-corrected chi connectivity index (χ1v) is 12.3. The van der Waals surface area contributed by atoms with Crippen molar-refractivity contribution in [3.63, 3.8) is 0 Å². The molecule has 0 spiro atoms. The predicted octanol–water partition coefficient (Wildman–Crippen LogP) is 5.18. The van der Waals surface area contributed by atoms with Gasteiger partial charge in [-0.1, -0.05) is 92.7 Å². The first-order chi connectivity index (χ1) is 14.7. The van der Waals surface area contributed by atoms with Gasteiger partial charge in [-0.05, 0) is 42.9 Å². The van der Waals surface area contributed by atoms with Crippen molar-refractivity contribution in [2.75, 3.05) is 25.2 Å². The third-order valence-corrected chi connectivity index (χ3v) is 8.43. The standard InChI is InChI=1S/C27H32NOP/c1-21(2)25-17-10-18-26(27(25)28-19-11-12-22(28)20-29-3)30(23-13-6-4-7-14-23)24-15-8-5-9-16-24/h4-10,13-18,21-22H,11-12,19-20H2,1-3H3/t22-/m1/s1. The summed E-state index contributed by atoms with van der Waals surface area (Å²) in [6.07, 6.45) is 2.43. The van der Waals surface area contributed by atoms with Gasteiger partial charge in [-0.25, -0.2) is 0 Å². The lowest BCUT2D eigenvalue weighted by Gasteiger charge is -2.34. The molecule has 1 aliphatic heterocycles. The maximum absolute atomic E-state index is 5.61. The Morgan fingerprint density at radius 2 is 1.53 bits per heavy atom. The van der Waals surface area contributed by atoms with Gasteiger partial charge in [-0.3, -0.25) is 0 Å². The topological polar surface area (TPSA) is 12.5 Å². The van der Waals surface area contributed by atoms with Crippen LogP contribution in [-0.2, 0) is 4.74 Å². The molecule has 30 heavy (non-hydrogen) atoms. The maximum atomic E-state index is 5.61. The van der Waals surface area contributed by atoms with Crippen LogP contribution in [0.15, 0.2) is 78.9 Å². The molecule has 1 heterocycles. The van der Waals surface area contributed by atoms with Crippen LogP contribution in [-0.4, -0.2) is 26.3 Å². The van der Waals surface area contributed by atoms with E-state index in [0.29, 0.717) is 12.0 Å². The molecule has 0 amide bonds. The number of nitrogens with zero attached hydrogens (tertiary/aromatic N) is 1. The minimum absolute atomic E-state index is 0.456. The molecule has 4 rings (SSSR count). The number of methoxy groups -OCH3 is 1. The van der Waals surface area contributed by atoms with Crippen LogP contribution >= 0.6 is 7.92 Å². The van der Waals surface area contributed by atoms with E-state index in [9.17, 15) is 0 Å². The highest BCUT2D eigenvalue weighted by atomic mass is 31.1. The molecule has 156 valence electrons. The Hall–Kier alpha value is -2.15. The monoisotopic (exact) mass is 417 g/mol. The first-order valence-electron chi connectivity index (χ1n) is 11.0. The van der Waals surface area contributed by atoms with Crippen LogP contribution in [0.3, 0.4) is 0 Å². The van der Waals surface area contributed by atoms with Crippen molar-refractivity contribution in [1.82, 2.24) is 0 Å². The second kappa shape index (κ2) is 9.77. The number of rotatable bonds is 7. The second-order valence-corrected chi connectivity index (χ2v) is 10.5. The number of hydrogen-bond acceptors (Lipinski definition) is 2. The summed E-state index contributed by atoms with van der Waals surface area (Å²) in [7, 11) is 1.19. The lowest BCUT2D eigenvalue weighted by atomic mass is 10.00. The van der Waals surface area contributed by atoms with E-state index in [1.165, 1.54) is 40.0 Å². The van der Waals surface area contributed by atoms with E-state index in [4.69, 9.17) is 4.74 Å². The molecule has 0 aliphatic carbocycles. The van der Waals surface area contributed by atoms with Gasteiger partial charge in [0.25, 0.3) is 0 Å². The van der Waals surface area contributed by atoms with Crippen LogP contribution in [0.25, 0.3) is 0 Å². The second-order valence-electron chi connectivity index (χ2n) is 8.32. The summed E-state index contributed by atoms with van der Waals surface area (Å²) in [4.78, 5) is 2.65. The third kappa shape index (κ3) is 4.31. The van der Waals surface area contributed by atoms with E-state index in [2.05, 4.69) is 97.6 Å². The molecule has 3 heteroatoms. The normalized spacial score (nSPS) is 16.6. The minimum atomic E-state index is -0.635. The molecule has 0 aromatic heterocycles. The Morgan fingerprint density at radius 3 is 2.10 bits per heavy atom. The number of hydrogen-bond donors (Lipinski definition) is 0. The van der Waals surface area contributed by atoms with E-state index in [1.54, 1.807) is 0 Å². The van der Waals surface area contributed by atoms with Gasteiger partial charge < -0.3 is 9.64 Å². The third-order valence-electron chi connectivity index (χ3n) is 5.96. The van der Waals surface area contributed by atoms with Crippen molar-refractivity contribution < 1.29 is 4.74 Å². The zero-order chi connectivity index (χ0) is 20.9. The lowest BCUT2D eigenvalue weighted by Crippen LogP contribution is -2.38. The molecule has 0 radical (unpaired) electrons. The summed E-state index contributed by atoms with van der Waals surface area (Å²) in [5.74, 6) is 0.479.